The number of anilines is 1. The third-order valence-corrected chi connectivity index (χ3v) is 3.21. The number of nitrogens with one attached hydrogen (secondary N) is 2. The van der Waals surface area contributed by atoms with Crippen molar-refractivity contribution >= 4 is 23.5 Å². The topological polar surface area (TPSA) is 93.5 Å². The molecular formula is C17H17N3O4. The van der Waals surface area contributed by atoms with Crippen LogP contribution in [0.1, 0.15) is 11.1 Å². The minimum absolute atomic E-state index is 0.114. The Hall–Kier alpha value is -3.35. The van der Waals surface area contributed by atoms with Gasteiger partial charge in [-0.2, -0.15) is 0 Å². The Labute approximate surface area is 139 Å². The van der Waals surface area contributed by atoms with Crippen molar-refractivity contribution in [3.8, 4) is 5.75 Å². The number of benzene rings is 2. The summed E-state index contributed by atoms with van der Waals surface area (Å²) in [5, 5.41) is 15.9. The van der Waals surface area contributed by atoms with Gasteiger partial charge in [-0.15, -0.1) is 0 Å². The smallest absolute Gasteiger partial charge is 0.323 e. The summed E-state index contributed by atoms with van der Waals surface area (Å²) in [4.78, 5) is 22.1. The Morgan fingerprint density at radius 3 is 2.54 bits per heavy atom. The third-order valence-electron chi connectivity index (χ3n) is 3.21. The summed E-state index contributed by atoms with van der Waals surface area (Å²) in [5.41, 5.74) is 2.33. The van der Waals surface area contributed by atoms with Gasteiger partial charge in [0, 0.05) is 12.3 Å². The number of hydrogen-bond acceptors (Lipinski definition) is 4. The highest BCUT2D eigenvalue weighted by molar-refractivity contribution is 5.92. The molecule has 0 heterocycles. The van der Waals surface area contributed by atoms with Crippen LogP contribution in [-0.4, -0.2) is 18.1 Å². The van der Waals surface area contributed by atoms with Crippen molar-refractivity contribution in [1.29, 1.82) is 0 Å². The van der Waals surface area contributed by atoms with Gasteiger partial charge in [-0.25, -0.2) is 4.79 Å². The normalized spacial score (nSPS) is 10.4. The van der Waals surface area contributed by atoms with Crippen LogP contribution in [0.3, 0.4) is 0 Å². The summed E-state index contributed by atoms with van der Waals surface area (Å²) in [5.74, 6) is 0.210. The first-order valence-electron chi connectivity index (χ1n) is 7.13. The number of non-ortho nitro benzene ring substituents is 1. The Kier molecular flexibility index (Phi) is 5.51. The van der Waals surface area contributed by atoms with Gasteiger partial charge < -0.3 is 15.4 Å². The summed E-state index contributed by atoms with van der Waals surface area (Å²) in [6.45, 7) is 2.00. The molecule has 2 amide bonds. The first-order valence-corrected chi connectivity index (χ1v) is 7.13. The zero-order valence-electron chi connectivity index (χ0n) is 13.3. The van der Waals surface area contributed by atoms with Crippen molar-refractivity contribution in [2.24, 2.45) is 0 Å². The molecule has 0 atom stereocenters. The van der Waals surface area contributed by atoms with Gasteiger partial charge >= 0.3 is 6.03 Å². The lowest BCUT2D eigenvalue weighted by Crippen LogP contribution is -2.24. The molecule has 0 aliphatic carbocycles. The number of ether oxygens (including phenoxy) is 1. The van der Waals surface area contributed by atoms with Crippen LogP contribution in [0, 0.1) is 17.0 Å². The van der Waals surface area contributed by atoms with Gasteiger partial charge in [-0.05, 0) is 24.6 Å². The fraction of sp³-hybridized carbons (Fsp3) is 0.118. The van der Waals surface area contributed by atoms with E-state index in [1.165, 1.54) is 31.5 Å². The van der Waals surface area contributed by atoms with E-state index in [4.69, 9.17) is 4.74 Å². The van der Waals surface area contributed by atoms with Gasteiger partial charge in [0.05, 0.1) is 23.8 Å². The van der Waals surface area contributed by atoms with Gasteiger partial charge in [0.25, 0.3) is 5.69 Å². The molecule has 24 heavy (non-hydrogen) atoms. The van der Waals surface area contributed by atoms with E-state index in [1.807, 2.05) is 31.2 Å². The number of urea groups is 1. The second-order valence-electron chi connectivity index (χ2n) is 4.98. The molecule has 0 radical (unpaired) electrons. The highest BCUT2D eigenvalue weighted by atomic mass is 16.6. The van der Waals surface area contributed by atoms with Crippen molar-refractivity contribution in [1.82, 2.24) is 5.32 Å². The Morgan fingerprint density at radius 1 is 1.21 bits per heavy atom. The van der Waals surface area contributed by atoms with Crippen molar-refractivity contribution in [2.75, 3.05) is 12.4 Å². The number of methoxy groups -OCH3 is 1. The second kappa shape index (κ2) is 7.77. The fourth-order valence-corrected chi connectivity index (χ4v) is 1.95. The van der Waals surface area contributed by atoms with Gasteiger partial charge in [0.15, 0.2) is 0 Å². The van der Waals surface area contributed by atoms with Crippen LogP contribution >= 0.6 is 0 Å². The number of nitro benzene ring substituents is 1. The zero-order valence-corrected chi connectivity index (χ0v) is 13.3. The van der Waals surface area contributed by atoms with E-state index >= 15 is 0 Å². The standard InChI is InChI=1S/C17H17N3O4/c1-12-3-5-13(6-4-12)9-10-18-17(21)19-15-8-7-14(20(22)23)11-16(15)24-2/h3-11H,1-2H3,(H2,18,19,21)/b10-9+. The zero-order chi connectivity index (χ0) is 17.5. The van der Waals surface area contributed by atoms with Gasteiger partial charge in [0.1, 0.15) is 5.75 Å². The maximum absolute atomic E-state index is 11.9. The van der Waals surface area contributed by atoms with E-state index in [2.05, 4.69) is 10.6 Å². The molecule has 7 nitrogen and oxygen atoms in total. The molecule has 2 aromatic rings. The summed E-state index contributed by atoms with van der Waals surface area (Å²) in [6, 6.07) is 11.3. The SMILES string of the molecule is COc1cc([N+](=O)[O-])ccc1NC(=O)N/C=C/c1ccc(C)cc1. The average molecular weight is 327 g/mol. The number of aryl methyl sites for hydroxylation is 1. The number of carbonyl (C=O) groups is 1. The highest BCUT2D eigenvalue weighted by Crippen LogP contribution is 2.28. The molecule has 0 spiro atoms. The second-order valence-corrected chi connectivity index (χ2v) is 4.98. The summed E-state index contributed by atoms with van der Waals surface area (Å²) in [7, 11) is 1.37. The molecule has 124 valence electrons. The molecule has 0 aliphatic heterocycles. The molecule has 0 fully saturated rings. The molecule has 2 rings (SSSR count). The maximum atomic E-state index is 11.9. The number of carbonyl (C=O) groups excluding carboxylic acids is 1. The van der Waals surface area contributed by atoms with Crippen molar-refractivity contribution in [2.45, 2.75) is 6.92 Å². The predicted molar refractivity (Wildman–Crippen MR) is 92.0 cm³/mol. The first-order chi connectivity index (χ1) is 11.5. The molecule has 0 unspecified atom stereocenters. The molecule has 0 saturated carbocycles. The van der Waals surface area contributed by atoms with Crippen molar-refractivity contribution < 1.29 is 14.5 Å². The number of amides is 2. The minimum atomic E-state index is -0.531. The van der Waals surface area contributed by atoms with Crippen LogP contribution in [0.5, 0.6) is 5.75 Å². The fourth-order valence-electron chi connectivity index (χ4n) is 1.95. The first kappa shape index (κ1) is 17.0. The molecule has 7 heteroatoms. The third kappa shape index (κ3) is 4.57. The predicted octanol–water partition coefficient (Wildman–Crippen LogP) is 3.70. The van der Waals surface area contributed by atoms with Crippen LogP contribution in [0.4, 0.5) is 16.2 Å². The number of rotatable bonds is 5. The largest absolute Gasteiger partial charge is 0.494 e. The van der Waals surface area contributed by atoms with E-state index in [-0.39, 0.29) is 11.4 Å². The van der Waals surface area contributed by atoms with E-state index in [0.29, 0.717) is 5.69 Å². The minimum Gasteiger partial charge on any atom is -0.494 e. The monoisotopic (exact) mass is 327 g/mol. The lowest BCUT2D eigenvalue weighted by atomic mass is 10.1. The van der Waals surface area contributed by atoms with Gasteiger partial charge in [-0.3, -0.25) is 10.1 Å². The molecular weight excluding hydrogens is 310 g/mol. The molecule has 0 saturated heterocycles. The van der Waals surface area contributed by atoms with Gasteiger partial charge in [0.2, 0.25) is 0 Å². The van der Waals surface area contributed by atoms with E-state index in [1.54, 1.807) is 6.08 Å². The lowest BCUT2D eigenvalue weighted by molar-refractivity contribution is -0.384. The van der Waals surface area contributed by atoms with E-state index < -0.39 is 11.0 Å². The van der Waals surface area contributed by atoms with Gasteiger partial charge in [-0.1, -0.05) is 29.8 Å². The Morgan fingerprint density at radius 2 is 1.92 bits per heavy atom. The molecule has 0 bridgehead atoms. The molecule has 0 aliphatic rings. The lowest BCUT2D eigenvalue weighted by Gasteiger charge is -2.09. The summed E-state index contributed by atoms with van der Waals surface area (Å²) < 4.78 is 5.06. The molecule has 0 aromatic heterocycles. The number of nitrogens with zero attached hydrogens (tertiary/aromatic N) is 1. The van der Waals surface area contributed by atoms with E-state index in [9.17, 15) is 14.9 Å². The van der Waals surface area contributed by atoms with Crippen LogP contribution in [0.15, 0.2) is 48.7 Å². The highest BCUT2D eigenvalue weighted by Gasteiger charge is 2.12. The number of nitro groups is 1. The van der Waals surface area contributed by atoms with Crippen LogP contribution in [0.25, 0.3) is 6.08 Å². The maximum Gasteiger partial charge on any atom is 0.323 e. The summed E-state index contributed by atoms with van der Waals surface area (Å²) in [6.07, 6.45) is 3.27. The Balaban J connectivity index is 1.99. The Bertz CT molecular complexity index is 770. The van der Waals surface area contributed by atoms with Crippen LogP contribution in [0.2, 0.25) is 0 Å². The number of hydrogen-bond donors (Lipinski definition) is 2. The molecule has 2 N–H and O–H groups in total. The van der Waals surface area contributed by atoms with Crippen molar-refractivity contribution in [3.05, 3.63) is 69.9 Å². The quantitative estimate of drug-likeness (QED) is 0.646. The van der Waals surface area contributed by atoms with Crippen molar-refractivity contribution in [3.63, 3.8) is 0 Å². The van der Waals surface area contributed by atoms with Crippen LogP contribution in [-0.2, 0) is 0 Å². The summed E-state index contributed by atoms with van der Waals surface area (Å²) >= 11 is 0. The van der Waals surface area contributed by atoms with Crippen LogP contribution < -0.4 is 15.4 Å². The average Bonchev–Trinajstić information content (AvgIpc) is 2.56. The molecule has 2 aromatic carbocycles. The van der Waals surface area contributed by atoms with E-state index in [0.717, 1.165) is 11.1 Å².